The Bertz CT molecular complexity index is 1070. The Balaban J connectivity index is 0.000000454. The minimum absolute atomic E-state index is 7.64. The Labute approximate surface area is 222 Å². The molecule has 2 saturated carbocycles. The van der Waals surface area contributed by atoms with Crippen molar-refractivity contribution in [2.24, 2.45) is 0 Å². The van der Waals surface area contributed by atoms with E-state index < -0.39 is 88.8 Å². The highest BCUT2D eigenvalue weighted by Crippen LogP contribution is 2.75. The van der Waals surface area contributed by atoms with Gasteiger partial charge in [-0.3, -0.25) is 0 Å². The lowest BCUT2D eigenvalue weighted by molar-refractivity contribution is -0.523. The van der Waals surface area contributed by atoms with E-state index >= 15 is 0 Å². The minimum Gasteiger partial charge on any atom is -0.220 e. The third-order valence-electron chi connectivity index (χ3n) is 6.13. The van der Waals surface area contributed by atoms with Gasteiger partial charge in [0, 0.05) is 0 Å². The molecule has 2 aliphatic rings. The standard InChI is InChI=1S/C8F16.C7F14/c9-1(7(19,20)21)3(11,12)2(10,8(22,23)24)5(15,16)6(17,18)4(1,13)14;8-1(7(19,20)21)2(9,10)4(13,14)6(17,18)5(15,16)3(1,11)12. The maximum Gasteiger partial charge on any atom is 0.435 e. The molecule has 0 N–H and O–H groups in total. The van der Waals surface area contributed by atoms with E-state index in [4.69, 9.17) is 0 Å². The number of alkyl halides is 30. The van der Waals surface area contributed by atoms with Crippen LogP contribution in [0.2, 0.25) is 0 Å². The zero-order valence-electron chi connectivity index (χ0n) is 18.8. The van der Waals surface area contributed by atoms with Gasteiger partial charge in [-0.25, -0.2) is 13.2 Å². The third kappa shape index (κ3) is 3.78. The van der Waals surface area contributed by atoms with Gasteiger partial charge in [0.05, 0.1) is 0 Å². The Morgan fingerprint density at radius 2 is 0.289 bits per heavy atom. The summed E-state index contributed by atoms with van der Waals surface area (Å²) in [5.41, 5.74) is -24.5. The van der Waals surface area contributed by atoms with E-state index in [1.165, 1.54) is 0 Å². The first-order valence-electron chi connectivity index (χ1n) is 9.42. The second-order valence-corrected chi connectivity index (χ2v) is 8.64. The maximum atomic E-state index is 13.3. The van der Waals surface area contributed by atoms with Crippen LogP contribution in [0.3, 0.4) is 0 Å². The number of halogens is 30. The fourth-order valence-electron chi connectivity index (χ4n) is 3.55. The van der Waals surface area contributed by atoms with Crippen LogP contribution in [0, 0.1) is 0 Å². The molecule has 0 amide bonds. The first-order chi connectivity index (χ1) is 18.8. The van der Waals surface area contributed by atoms with Crippen molar-refractivity contribution < 1.29 is 132 Å². The summed E-state index contributed by atoms with van der Waals surface area (Å²) in [5.74, 6) is -71.7. The van der Waals surface area contributed by atoms with Crippen molar-refractivity contribution in [2.75, 3.05) is 0 Å². The normalized spacial score (nSPS) is 35.1. The molecule has 0 spiro atoms. The molecule has 0 bridgehead atoms. The fraction of sp³-hybridized carbons (Fsp3) is 1.00. The second-order valence-electron chi connectivity index (χ2n) is 8.64. The van der Waals surface area contributed by atoms with Gasteiger partial charge in [-0.1, -0.05) is 0 Å². The number of hydrogen-bond donors (Lipinski definition) is 0. The summed E-state index contributed by atoms with van der Waals surface area (Å²) in [4.78, 5) is 0. The Hall–Kier alpha value is -2.10. The number of hydrogen-bond acceptors (Lipinski definition) is 0. The molecule has 30 heteroatoms. The van der Waals surface area contributed by atoms with Gasteiger partial charge in [0.25, 0.3) is 0 Å². The SMILES string of the molecule is FC(F)(F)C1(F)C(F)(F)C(F)(F)C(F)(F)C(F)(C(F)(F)F)C1(F)F.FC(F)(F)C1(F)C(F)(F)C(F)(F)C(F)(F)C(F)(F)C1(F)F. The average molecular weight is 750 g/mol. The van der Waals surface area contributed by atoms with Crippen molar-refractivity contribution in [3.63, 3.8) is 0 Å². The molecule has 2 rings (SSSR count). The molecule has 2 unspecified atom stereocenters. The summed E-state index contributed by atoms with van der Waals surface area (Å²) in [5, 5.41) is 0. The highest BCUT2D eigenvalue weighted by molar-refractivity contribution is 5.33. The molecule has 0 saturated heterocycles. The van der Waals surface area contributed by atoms with E-state index in [1.807, 2.05) is 0 Å². The smallest absolute Gasteiger partial charge is 0.220 e. The fourth-order valence-corrected chi connectivity index (χ4v) is 3.55. The van der Waals surface area contributed by atoms with Gasteiger partial charge in [-0.05, 0) is 0 Å². The Morgan fingerprint density at radius 3 is 0.444 bits per heavy atom. The molecule has 0 aromatic heterocycles. The van der Waals surface area contributed by atoms with Gasteiger partial charge in [0.15, 0.2) is 0 Å². The van der Waals surface area contributed by atoms with Crippen molar-refractivity contribution in [3.05, 3.63) is 0 Å². The van der Waals surface area contributed by atoms with Gasteiger partial charge in [0.2, 0.25) is 0 Å². The van der Waals surface area contributed by atoms with Gasteiger partial charge in [-0.15, -0.1) is 0 Å². The first kappa shape index (κ1) is 40.9. The van der Waals surface area contributed by atoms with Crippen molar-refractivity contribution >= 4 is 0 Å². The van der Waals surface area contributed by atoms with Crippen molar-refractivity contribution in [1.82, 2.24) is 0 Å². The van der Waals surface area contributed by atoms with Crippen LogP contribution < -0.4 is 0 Å². The average Bonchev–Trinajstić information content (AvgIpc) is 2.77. The van der Waals surface area contributed by atoms with E-state index in [1.54, 1.807) is 0 Å². The zero-order valence-corrected chi connectivity index (χ0v) is 18.8. The lowest BCUT2D eigenvalue weighted by Gasteiger charge is -2.55. The summed E-state index contributed by atoms with van der Waals surface area (Å²) in [6.45, 7) is 0. The summed E-state index contributed by atoms with van der Waals surface area (Å²) in [7, 11) is 0. The maximum absolute atomic E-state index is 13.3. The highest BCUT2D eigenvalue weighted by Gasteiger charge is 3.09. The largest absolute Gasteiger partial charge is 0.435 e. The summed E-state index contributed by atoms with van der Waals surface area (Å²) >= 11 is 0. The van der Waals surface area contributed by atoms with E-state index in [9.17, 15) is 132 Å². The summed E-state index contributed by atoms with van der Waals surface area (Å²) in [6.07, 6.45) is -23.7. The summed E-state index contributed by atoms with van der Waals surface area (Å²) < 4.78 is 379. The molecule has 0 radical (unpaired) electrons. The molecule has 0 aromatic rings. The van der Waals surface area contributed by atoms with E-state index in [-0.39, 0.29) is 0 Å². The highest BCUT2D eigenvalue weighted by atomic mass is 19.4. The Kier molecular flexibility index (Phi) is 8.25. The van der Waals surface area contributed by atoms with Gasteiger partial charge < -0.3 is 0 Å². The van der Waals surface area contributed by atoms with Crippen LogP contribution in [0.15, 0.2) is 0 Å². The van der Waals surface area contributed by atoms with E-state index in [0.29, 0.717) is 0 Å². The molecule has 0 aromatic carbocycles. The molecule has 45 heavy (non-hydrogen) atoms. The molecule has 2 fully saturated rings. The molecular formula is C15F30. The van der Waals surface area contributed by atoms with Crippen molar-refractivity contribution in [2.45, 2.75) is 88.8 Å². The lowest BCUT2D eigenvalue weighted by atomic mass is 9.66. The molecule has 2 aliphatic carbocycles. The Morgan fingerprint density at radius 1 is 0.178 bits per heavy atom. The van der Waals surface area contributed by atoms with Crippen LogP contribution >= 0.6 is 0 Å². The molecular weight excluding hydrogens is 750 g/mol. The van der Waals surface area contributed by atoms with Crippen LogP contribution in [-0.2, 0) is 0 Å². The van der Waals surface area contributed by atoms with Crippen LogP contribution in [0.25, 0.3) is 0 Å². The summed E-state index contributed by atoms with van der Waals surface area (Å²) in [6, 6.07) is 0. The number of rotatable bonds is 0. The first-order valence-corrected chi connectivity index (χ1v) is 9.42. The van der Waals surface area contributed by atoms with E-state index in [2.05, 4.69) is 0 Å². The van der Waals surface area contributed by atoms with E-state index in [0.717, 1.165) is 0 Å². The molecule has 0 nitrogen and oxygen atoms in total. The van der Waals surface area contributed by atoms with Gasteiger partial charge in [0.1, 0.15) is 0 Å². The lowest BCUT2D eigenvalue weighted by Crippen LogP contribution is -2.90. The quantitative estimate of drug-likeness (QED) is 0.217. The van der Waals surface area contributed by atoms with Crippen LogP contribution in [-0.4, -0.2) is 88.8 Å². The van der Waals surface area contributed by atoms with Crippen molar-refractivity contribution in [1.29, 1.82) is 0 Å². The second kappa shape index (κ2) is 9.07. The molecule has 0 aliphatic heterocycles. The van der Waals surface area contributed by atoms with Crippen LogP contribution in [0.5, 0.6) is 0 Å². The predicted molar refractivity (Wildman–Crippen MR) is 74.2 cm³/mol. The zero-order chi connectivity index (χ0) is 37.5. The third-order valence-corrected chi connectivity index (χ3v) is 6.13. The molecule has 270 valence electrons. The van der Waals surface area contributed by atoms with Crippen LogP contribution in [0.4, 0.5) is 132 Å². The molecule has 2 atom stereocenters. The van der Waals surface area contributed by atoms with Crippen molar-refractivity contribution in [3.8, 4) is 0 Å². The molecule has 0 heterocycles. The van der Waals surface area contributed by atoms with Gasteiger partial charge in [-0.2, -0.15) is 119 Å². The van der Waals surface area contributed by atoms with Gasteiger partial charge >= 0.3 is 88.8 Å². The monoisotopic (exact) mass is 750 g/mol. The topological polar surface area (TPSA) is 0 Å². The predicted octanol–water partition coefficient (Wildman–Crippen LogP) is 9.53. The van der Waals surface area contributed by atoms with Crippen LogP contribution in [0.1, 0.15) is 0 Å². The minimum atomic E-state index is -8.38.